The highest BCUT2D eigenvalue weighted by atomic mass is 127. The molecule has 0 fully saturated rings. The van der Waals surface area contributed by atoms with Gasteiger partial charge in [-0.2, -0.15) is 0 Å². The van der Waals surface area contributed by atoms with Crippen molar-refractivity contribution in [2.45, 2.75) is 19.9 Å². The predicted molar refractivity (Wildman–Crippen MR) is 65.1 cm³/mol. The molecule has 1 aromatic carbocycles. The maximum Gasteiger partial charge on any atom is 0.138 e. The van der Waals surface area contributed by atoms with Gasteiger partial charge in [-0.05, 0) is 48.6 Å². The SMILES string of the molecule is CC(C)Nc1cccc(F)c1I.Cl. The van der Waals surface area contributed by atoms with Crippen LogP contribution in [0.15, 0.2) is 18.2 Å². The quantitative estimate of drug-likeness (QED) is 0.821. The largest absolute Gasteiger partial charge is 0.382 e. The fourth-order valence-electron chi connectivity index (χ4n) is 0.926. The van der Waals surface area contributed by atoms with E-state index in [1.807, 2.05) is 42.5 Å². The zero-order valence-electron chi connectivity index (χ0n) is 7.47. The van der Waals surface area contributed by atoms with E-state index in [2.05, 4.69) is 5.32 Å². The van der Waals surface area contributed by atoms with Gasteiger partial charge in [-0.25, -0.2) is 4.39 Å². The van der Waals surface area contributed by atoms with Crippen LogP contribution < -0.4 is 5.32 Å². The Hall–Kier alpha value is -0.0300. The molecule has 0 aliphatic carbocycles. The Morgan fingerprint density at radius 2 is 2.00 bits per heavy atom. The normalized spacial score (nSPS) is 9.62. The summed E-state index contributed by atoms with van der Waals surface area (Å²) in [6.07, 6.45) is 0. The molecule has 0 unspecified atom stereocenters. The Labute approximate surface area is 97.7 Å². The summed E-state index contributed by atoms with van der Waals surface area (Å²) in [6, 6.07) is 5.39. The molecule has 0 spiro atoms. The van der Waals surface area contributed by atoms with Gasteiger partial charge in [0.15, 0.2) is 0 Å². The molecule has 0 aromatic heterocycles. The van der Waals surface area contributed by atoms with Crippen LogP contribution in [-0.2, 0) is 0 Å². The van der Waals surface area contributed by atoms with Crippen molar-refractivity contribution in [3.8, 4) is 0 Å². The van der Waals surface area contributed by atoms with Crippen LogP contribution in [0.2, 0.25) is 0 Å². The lowest BCUT2D eigenvalue weighted by Crippen LogP contribution is -2.11. The maximum atomic E-state index is 13.0. The van der Waals surface area contributed by atoms with Crippen molar-refractivity contribution in [1.82, 2.24) is 0 Å². The highest BCUT2D eigenvalue weighted by molar-refractivity contribution is 14.1. The van der Waals surface area contributed by atoms with E-state index in [0.717, 1.165) is 5.69 Å². The van der Waals surface area contributed by atoms with Crippen LogP contribution in [0, 0.1) is 9.39 Å². The number of hydrogen-bond donors (Lipinski definition) is 1. The highest BCUT2D eigenvalue weighted by Crippen LogP contribution is 2.21. The number of nitrogens with one attached hydrogen (secondary N) is 1. The Morgan fingerprint density at radius 3 is 2.54 bits per heavy atom. The van der Waals surface area contributed by atoms with E-state index in [0.29, 0.717) is 9.61 Å². The van der Waals surface area contributed by atoms with Crippen molar-refractivity contribution in [3.05, 3.63) is 27.6 Å². The minimum atomic E-state index is -0.166. The minimum Gasteiger partial charge on any atom is -0.382 e. The molecule has 4 heteroatoms. The second-order valence-electron chi connectivity index (χ2n) is 2.90. The van der Waals surface area contributed by atoms with Crippen LogP contribution in [0.4, 0.5) is 10.1 Å². The first-order valence-electron chi connectivity index (χ1n) is 3.82. The van der Waals surface area contributed by atoms with Gasteiger partial charge in [0, 0.05) is 6.04 Å². The molecule has 74 valence electrons. The van der Waals surface area contributed by atoms with Crippen LogP contribution >= 0.6 is 35.0 Å². The average molecular weight is 316 g/mol. The molecular weight excluding hydrogens is 303 g/mol. The third-order valence-corrected chi connectivity index (χ3v) is 2.49. The van der Waals surface area contributed by atoms with Crippen molar-refractivity contribution < 1.29 is 4.39 Å². The van der Waals surface area contributed by atoms with Crippen molar-refractivity contribution >= 4 is 40.7 Å². The lowest BCUT2D eigenvalue weighted by Gasteiger charge is -2.11. The first-order chi connectivity index (χ1) is 5.61. The lowest BCUT2D eigenvalue weighted by atomic mass is 10.3. The molecule has 0 heterocycles. The van der Waals surface area contributed by atoms with Crippen molar-refractivity contribution in [1.29, 1.82) is 0 Å². The summed E-state index contributed by atoms with van der Waals surface area (Å²) in [5, 5.41) is 3.17. The van der Waals surface area contributed by atoms with Gasteiger partial charge in [0.25, 0.3) is 0 Å². The number of benzene rings is 1. The number of hydrogen-bond acceptors (Lipinski definition) is 1. The zero-order chi connectivity index (χ0) is 9.14. The van der Waals surface area contributed by atoms with Gasteiger partial charge < -0.3 is 5.32 Å². The second kappa shape index (κ2) is 5.65. The van der Waals surface area contributed by atoms with Crippen LogP contribution in [0.3, 0.4) is 0 Å². The van der Waals surface area contributed by atoms with E-state index in [-0.39, 0.29) is 18.2 Å². The summed E-state index contributed by atoms with van der Waals surface area (Å²) in [5.41, 5.74) is 0.866. The minimum absolute atomic E-state index is 0. The number of rotatable bonds is 2. The molecule has 1 nitrogen and oxygen atoms in total. The Balaban J connectivity index is 0.00000144. The van der Waals surface area contributed by atoms with E-state index in [4.69, 9.17) is 0 Å². The van der Waals surface area contributed by atoms with E-state index < -0.39 is 0 Å². The van der Waals surface area contributed by atoms with Crippen molar-refractivity contribution in [2.24, 2.45) is 0 Å². The van der Waals surface area contributed by atoms with Crippen LogP contribution in [0.1, 0.15) is 13.8 Å². The third kappa shape index (κ3) is 3.68. The summed E-state index contributed by atoms with van der Waals surface area (Å²) in [6.45, 7) is 4.06. The van der Waals surface area contributed by atoms with Gasteiger partial charge in [0.2, 0.25) is 0 Å². The molecule has 0 aliphatic rings. The predicted octanol–water partition coefficient (Wildman–Crippen LogP) is 3.67. The van der Waals surface area contributed by atoms with Gasteiger partial charge in [0.1, 0.15) is 5.82 Å². The summed E-state index contributed by atoms with van der Waals surface area (Å²) < 4.78 is 13.6. The molecule has 1 aromatic rings. The summed E-state index contributed by atoms with van der Waals surface area (Å²) >= 11 is 2.00. The summed E-state index contributed by atoms with van der Waals surface area (Å²) in [7, 11) is 0. The standard InChI is InChI=1S/C9H11FIN.ClH/c1-6(2)12-8-5-3-4-7(10)9(8)11;/h3-6,12H,1-2H3;1H. The van der Waals surface area contributed by atoms with Gasteiger partial charge in [-0.15, -0.1) is 12.4 Å². The molecule has 0 saturated heterocycles. The molecule has 0 amide bonds. The van der Waals surface area contributed by atoms with Crippen LogP contribution in [0.5, 0.6) is 0 Å². The first-order valence-corrected chi connectivity index (χ1v) is 4.89. The number of anilines is 1. The summed E-state index contributed by atoms with van der Waals surface area (Å²) in [5.74, 6) is -0.166. The Morgan fingerprint density at radius 1 is 1.38 bits per heavy atom. The Kier molecular flexibility index (Phi) is 5.64. The van der Waals surface area contributed by atoms with E-state index in [1.54, 1.807) is 6.07 Å². The number of halogens is 3. The molecule has 0 bridgehead atoms. The topological polar surface area (TPSA) is 12.0 Å². The molecule has 0 saturated carbocycles. The fraction of sp³-hybridized carbons (Fsp3) is 0.333. The van der Waals surface area contributed by atoms with Gasteiger partial charge in [-0.3, -0.25) is 0 Å². The molecule has 0 aliphatic heterocycles. The van der Waals surface area contributed by atoms with Crippen molar-refractivity contribution in [3.63, 3.8) is 0 Å². The third-order valence-electron chi connectivity index (χ3n) is 1.40. The first kappa shape index (κ1) is 13.0. The monoisotopic (exact) mass is 315 g/mol. The van der Waals surface area contributed by atoms with E-state index in [9.17, 15) is 4.39 Å². The average Bonchev–Trinajstić information content (AvgIpc) is 1.98. The van der Waals surface area contributed by atoms with Crippen LogP contribution in [-0.4, -0.2) is 6.04 Å². The molecule has 0 radical (unpaired) electrons. The molecule has 1 N–H and O–H groups in total. The smallest absolute Gasteiger partial charge is 0.138 e. The summed E-state index contributed by atoms with van der Waals surface area (Å²) in [4.78, 5) is 0. The molecular formula is C9H12ClFIN. The molecule has 0 atom stereocenters. The van der Waals surface area contributed by atoms with Gasteiger partial charge >= 0.3 is 0 Å². The lowest BCUT2D eigenvalue weighted by molar-refractivity contribution is 0.620. The van der Waals surface area contributed by atoms with Gasteiger partial charge in [-0.1, -0.05) is 6.07 Å². The zero-order valence-corrected chi connectivity index (χ0v) is 10.4. The second-order valence-corrected chi connectivity index (χ2v) is 3.98. The van der Waals surface area contributed by atoms with Crippen LogP contribution in [0.25, 0.3) is 0 Å². The molecule has 13 heavy (non-hydrogen) atoms. The fourth-order valence-corrected chi connectivity index (χ4v) is 1.44. The van der Waals surface area contributed by atoms with E-state index >= 15 is 0 Å². The molecule has 1 rings (SSSR count). The Bertz CT molecular complexity index is 278. The highest BCUT2D eigenvalue weighted by Gasteiger charge is 2.04. The van der Waals surface area contributed by atoms with Crippen molar-refractivity contribution in [2.75, 3.05) is 5.32 Å². The maximum absolute atomic E-state index is 13.0. The van der Waals surface area contributed by atoms with Gasteiger partial charge in [0.05, 0.1) is 9.26 Å². The van der Waals surface area contributed by atoms with E-state index in [1.165, 1.54) is 6.07 Å².